The number of alkyl halides is 1. The van der Waals surface area contributed by atoms with E-state index in [4.69, 9.17) is 61.1 Å². The quantitative estimate of drug-likeness (QED) is 0.0190. The van der Waals surface area contributed by atoms with Gasteiger partial charge in [-0.1, -0.05) is 102 Å². The fourth-order valence-electron chi connectivity index (χ4n) is 5.86. The summed E-state index contributed by atoms with van der Waals surface area (Å²) in [4.78, 5) is 43.1. The summed E-state index contributed by atoms with van der Waals surface area (Å²) in [5.41, 5.74) is 6.50. The van der Waals surface area contributed by atoms with E-state index in [1.54, 1.807) is 13.8 Å². The molecule has 0 fully saturated rings. The maximum atomic E-state index is 12.1. The molecule has 0 spiro atoms. The summed E-state index contributed by atoms with van der Waals surface area (Å²) in [5, 5.41) is 4.97. The van der Waals surface area contributed by atoms with Gasteiger partial charge in [0.25, 0.3) is 5.91 Å². The second-order valence-corrected chi connectivity index (χ2v) is 50.9. The molecule has 0 heterocycles. The van der Waals surface area contributed by atoms with Crippen molar-refractivity contribution in [3.8, 4) is 0 Å². The predicted octanol–water partition coefficient (Wildman–Crippen LogP) is 14.2. The second-order valence-electron chi connectivity index (χ2n) is 20.8. The number of nitrogens with one attached hydrogen (secondary N) is 2. The van der Waals surface area contributed by atoms with Crippen molar-refractivity contribution < 1.29 is 56.6 Å². The summed E-state index contributed by atoms with van der Waals surface area (Å²) in [6.45, 7) is 45.7. The average molecular weight is 1290 g/mol. The molecule has 1 unspecified atom stereocenters. The molecule has 75 heavy (non-hydrogen) atoms. The third-order valence-corrected chi connectivity index (χ3v) is 32.5. The monoisotopic (exact) mass is 1290 g/mol. The lowest BCUT2D eigenvalue weighted by atomic mass is 10.3. The molecule has 0 aliphatic carbocycles. The fourth-order valence-corrected chi connectivity index (χ4v) is 37.2. The van der Waals surface area contributed by atoms with Crippen molar-refractivity contribution in [3.63, 3.8) is 0 Å². The van der Waals surface area contributed by atoms with Gasteiger partial charge in [-0.2, -0.15) is 0 Å². The number of carbonyl (C=O) groups is 4. The predicted molar refractivity (Wildman–Crippen MR) is 363 cm³/mol. The van der Waals surface area contributed by atoms with Crippen LogP contribution in [0.25, 0.3) is 0 Å². The molecule has 0 saturated heterocycles. The molecule has 0 radical (unpaired) electrons. The summed E-state index contributed by atoms with van der Waals surface area (Å²) in [5.74, 6) is -0.123. The van der Waals surface area contributed by atoms with E-state index in [9.17, 15) is 19.2 Å². The van der Waals surface area contributed by atoms with E-state index in [1.165, 1.54) is 0 Å². The number of amides is 2. The Bertz CT molecular complexity index is 1370. The molecule has 13 nitrogen and oxygen atoms in total. The minimum atomic E-state index is -2.51. The third-order valence-electron chi connectivity index (χ3n) is 7.20. The van der Waals surface area contributed by atoms with Crippen LogP contribution in [0.3, 0.4) is 0 Å². The van der Waals surface area contributed by atoms with Gasteiger partial charge in [0.2, 0.25) is 16.4 Å². The van der Waals surface area contributed by atoms with Crippen LogP contribution in [0.5, 0.6) is 0 Å². The molecule has 0 rings (SSSR count). The van der Waals surface area contributed by atoms with E-state index in [-0.39, 0.29) is 119 Å². The minimum Gasteiger partial charge on any atom is -1.00 e. The Labute approximate surface area is 501 Å². The molecule has 472 valence electrons. The van der Waals surface area contributed by atoms with Gasteiger partial charge in [0.1, 0.15) is 0 Å². The molecule has 0 aromatic heterocycles. The second kappa shape index (κ2) is 56.0. The Morgan fingerprint density at radius 1 is 0.520 bits per heavy atom. The van der Waals surface area contributed by atoms with Crippen LogP contribution in [-0.2, 0) is 39.8 Å². The van der Waals surface area contributed by atoms with Crippen LogP contribution in [0.15, 0.2) is 24.3 Å². The van der Waals surface area contributed by atoms with E-state index in [1.807, 2.05) is 21.1 Å². The maximum absolute atomic E-state index is 12.1. The molecule has 1 atom stereocenters. The van der Waals surface area contributed by atoms with E-state index in [0.29, 0.717) is 35.3 Å². The van der Waals surface area contributed by atoms with Crippen LogP contribution >= 0.6 is 34.8 Å². The SMILES string of the molecule is C.C.C.C.C.C.C.C.C.C.C.C.C=C(C)C(=O)Cl.C=C(C)C(=O)NCCC[Si](C)(O[Si](C)(C)C)O[Si](C)(C)O[Si](C)(C)CCCNC(=O)C[N+](C)(C)C.C[Si](C)(C)O[Si](C)(CCCN)O[Si](C)(C)C.O=C(Cl)CCl.[Cl-]. The number of hydrogen-bond donors (Lipinski definition) is 3. The van der Waals surface area contributed by atoms with Crippen LogP contribution in [-0.4, -0.2) is 139 Å². The number of carbonyl (C=O) groups excluding carboxylic acids is 4. The maximum Gasteiger partial charge on any atom is 0.315 e. The number of halogens is 4. The van der Waals surface area contributed by atoms with Gasteiger partial charge < -0.3 is 53.8 Å². The number of nitrogens with zero attached hydrogens (tertiary/aromatic N) is 1. The van der Waals surface area contributed by atoms with Crippen molar-refractivity contribution in [2.45, 2.75) is 239 Å². The lowest BCUT2D eigenvalue weighted by molar-refractivity contribution is -0.862. The standard InChI is InChI=1S/C23H53N3O5Si4.C10H29NO2Si3.C4H5ClO.C2H2Cl2O.12CH4.ClH/c1-21(2)23(28)25-17-15-19-35(13,29-32(6,7)8)31-34(11,12)30-33(9,10)18-14-16-24-22(27)20-26(3,4)5;1-14(2,3)12-16(7,10-8-9-11)13-15(4,5)6;1-3(2)4(5)6;3-1-2(4)5;;;;;;;;;;;;;/h1,14-20H2,2-13H3,(H-,24,25,27,28);8-11H2,1-7H3;1H2,2H3;1H2;12*1H4;1H. The van der Waals surface area contributed by atoms with Crippen molar-refractivity contribution >= 4 is 116 Å². The summed E-state index contributed by atoms with van der Waals surface area (Å²) in [6, 6.07) is 2.78. The molecule has 0 saturated carbocycles. The zero-order chi connectivity index (χ0) is 50.2. The Morgan fingerprint density at radius 2 is 0.813 bits per heavy atom. The summed E-state index contributed by atoms with van der Waals surface area (Å²) >= 11 is 14.4. The minimum absolute atomic E-state index is 0. The Morgan fingerprint density at radius 3 is 1.08 bits per heavy atom. The number of quaternary nitrogens is 1. The fraction of sp³-hybridized carbons (Fsp3) is 0.843. The van der Waals surface area contributed by atoms with Crippen molar-refractivity contribution in [3.05, 3.63) is 24.3 Å². The van der Waals surface area contributed by atoms with Gasteiger partial charge in [0.15, 0.2) is 39.8 Å². The van der Waals surface area contributed by atoms with Gasteiger partial charge in [0, 0.05) is 24.2 Å². The smallest absolute Gasteiger partial charge is 0.315 e. The first-order valence-corrected chi connectivity index (χ1v) is 43.7. The average Bonchev–Trinajstić information content (AvgIpc) is 3.00. The molecule has 0 bridgehead atoms. The molecule has 24 heteroatoms. The molecule has 0 aliphatic heterocycles. The number of hydrogen-bond acceptors (Lipinski definition) is 10. The zero-order valence-corrected chi connectivity index (χ0v) is 52.9. The van der Waals surface area contributed by atoms with Crippen molar-refractivity contribution in [1.82, 2.24) is 10.6 Å². The molecule has 0 aromatic carbocycles. The summed E-state index contributed by atoms with van der Waals surface area (Å²) in [6.07, 6.45) is 2.71. The van der Waals surface area contributed by atoms with Crippen molar-refractivity contribution in [2.75, 3.05) is 53.2 Å². The van der Waals surface area contributed by atoms with Crippen LogP contribution in [0.2, 0.25) is 116 Å². The Balaban J connectivity index is -0.0000000477. The van der Waals surface area contributed by atoms with E-state index < -0.39 is 69.4 Å². The first kappa shape index (κ1) is 122. The van der Waals surface area contributed by atoms with Gasteiger partial charge in [-0.15, -0.1) is 11.6 Å². The number of allylic oxidation sites excluding steroid dienone is 1. The van der Waals surface area contributed by atoms with Gasteiger partial charge in [0.05, 0.1) is 27.0 Å². The Hall–Kier alpha value is 0.158. The van der Waals surface area contributed by atoms with Crippen molar-refractivity contribution in [2.24, 2.45) is 5.73 Å². The lowest BCUT2D eigenvalue weighted by Crippen LogP contribution is -3.00. The van der Waals surface area contributed by atoms with Gasteiger partial charge >= 0.3 is 25.7 Å². The first-order valence-electron chi connectivity index (χ1n) is 21.3. The first-order chi connectivity index (χ1) is 27.4. The van der Waals surface area contributed by atoms with Crippen LogP contribution < -0.4 is 28.8 Å². The molecule has 2 amide bonds. The Kier molecular flexibility index (Phi) is 91.3. The topological polar surface area (TPSA) is 165 Å². The number of nitrogens with two attached hydrogens (primary N) is 1. The largest absolute Gasteiger partial charge is 1.00 e. The summed E-state index contributed by atoms with van der Waals surface area (Å²) < 4.78 is 33.5. The lowest BCUT2D eigenvalue weighted by Gasteiger charge is -2.42. The zero-order valence-electron chi connectivity index (χ0n) is 42.9. The van der Waals surface area contributed by atoms with Gasteiger partial charge in [-0.05, 0) is 179 Å². The molecular weight excluding hydrogens is 1150 g/mol. The number of likely N-dealkylation sites (N-methyl/N-ethyl adjacent to an activating group) is 1. The van der Waals surface area contributed by atoms with Crippen LogP contribution in [0, 0.1) is 0 Å². The highest BCUT2D eigenvalue weighted by molar-refractivity contribution is 6.90. The van der Waals surface area contributed by atoms with E-state index in [2.05, 4.69) is 122 Å². The normalized spacial score (nSPS) is 11.1. The van der Waals surface area contributed by atoms with Gasteiger partial charge in [-0.25, -0.2) is 0 Å². The van der Waals surface area contributed by atoms with Gasteiger partial charge in [-0.3, -0.25) is 19.2 Å². The summed E-state index contributed by atoms with van der Waals surface area (Å²) in [7, 11) is -7.80. The molecule has 0 aromatic rings. The highest BCUT2D eigenvalue weighted by Gasteiger charge is 2.45. The third kappa shape index (κ3) is 88.2. The molecule has 4 N–H and O–H groups in total. The molecule has 0 aliphatic rings. The molecular formula is C51H138Cl4N4O9Si7. The van der Waals surface area contributed by atoms with Crippen molar-refractivity contribution in [1.29, 1.82) is 0 Å². The highest BCUT2D eigenvalue weighted by Crippen LogP contribution is 2.29. The van der Waals surface area contributed by atoms with Crippen LogP contribution in [0.4, 0.5) is 0 Å². The highest BCUT2D eigenvalue weighted by atomic mass is 35.5. The van der Waals surface area contributed by atoms with Crippen LogP contribution in [0.1, 0.15) is 122 Å². The van der Waals surface area contributed by atoms with E-state index in [0.717, 1.165) is 43.9 Å². The number of rotatable bonds is 26. The van der Waals surface area contributed by atoms with E-state index >= 15 is 0 Å².